The van der Waals surface area contributed by atoms with Crippen LogP contribution in [-0.4, -0.2) is 35.1 Å². The maximum atomic E-state index is 4.26. The van der Waals surface area contributed by atoms with Crippen LogP contribution in [0.1, 0.15) is 13.8 Å². The van der Waals surface area contributed by atoms with E-state index in [1.165, 1.54) is 0 Å². The lowest BCUT2D eigenvalue weighted by Crippen LogP contribution is -2.57. The van der Waals surface area contributed by atoms with Crippen molar-refractivity contribution in [2.45, 2.75) is 19.4 Å². The topological polar surface area (TPSA) is 41.1 Å². The fourth-order valence-corrected chi connectivity index (χ4v) is 1.77. The molecule has 4 nitrogen and oxygen atoms in total. The van der Waals surface area contributed by atoms with Crippen LogP contribution in [0.4, 0.5) is 5.95 Å². The summed E-state index contributed by atoms with van der Waals surface area (Å²) in [5.41, 5.74) is 0.150. The van der Waals surface area contributed by atoms with Gasteiger partial charge in [0.25, 0.3) is 0 Å². The maximum absolute atomic E-state index is 4.26. The van der Waals surface area contributed by atoms with E-state index < -0.39 is 0 Å². The smallest absolute Gasteiger partial charge is 0.225 e. The standard InChI is InChI=1S/C10H16N4.2ClH/c1-10(2)8-14(7-6-13-10)9-11-4-3-5-12-9;;/h3-5,13H,6-8H2,1-2H3;2*1H. The fraction of sp³-hybridized carbons (Fsp3) is 0.600. The zero-order valence-corrected chi connectivity index (χ0v) is 11.1. The molecule has 0 radical (unpaired) electrons. The molecule has 0 atom stereocenters. The Bertz CT molecular complexity index is 305. The van der Waals surface area contributed by atoms with Crippen molar-refractivity contribution in [3.8, 4) is 0 Å². The average molecular weight is 265 g/mol. The lowest BCUT2D eigenvalue weighted by Gasteiger charge is -2.39. The van der Waals surface area contributed by atoms with Crippen LogP contribution in [0, 0.1) is 0 Å². The number of nitrogens with one attached hydrogen (secondary N) is 1. The molecule has 1 aliphatic heterocycles. The van der Waals surface area contributed by atoms with Crippen molar-refractivity contribution in [3.05, 3.63) is 18.5 Å². The van der Waals surface area contributed by atoms with Crippen LogP contribution >= 0.6 is 24.8 Å². The number of hydrogen-bond acceptors (Lipinski definition) is 4. The van der Waals surface area contributed by atoms with Crippen molar-refractivity contribution in [1.82, 2.24) is 15.3 Å². The van der Waals surface area contributed by atoms with Crippen LogP contribution in [0.3, 0.4) is 0 Å². The molecule has 1 fully saturated rings. The summed E-state index contributed by atoms with van der Waals surface area (Å²) in [7, 11) is 0. The highest BCUT2D eigenvalue weighted by Gasteiger charge is 2.26. The van der Waals surface area contributed by atoms with E-state index in [4.69, 9.17) is 0 Å². The summed E-state index contributed by atoms with van der Waals surface area (Å²) in [6, 6.07) is 1.84. The van der Waals surface area contributed by atoms with E-state index >= 15 is 0 Å². The predicted molar refractivity (Wildman–Crippen MR) is 70.8 cm³/mol. The van der Waals surface area contributed by atoms with Gasteiger partial charge >= 0.3 is 0 Å². The predicted octanol–water partition coefficient (Wildman–Crippen LogP) is 1.51. The van der Waals surface area contributed by atoms with Crippen LogP contribution in [0.15, 0.2) is 18.5 Å². The molecule has 6 heteroatoms. The average Bonchev–Trinajstić information content (AvgIpc) is 2.18. The van der Waals surface area contributed by atoms with Gasteiger partial charge in [0.1, 0.15) is 0 Å². The van der Waals surface area contributed by atoms with Crippen molar-refractivity contribution in [3.63, 3.8) is 0 Å². The Morgan fingerprint density at radius 1 is 1.25 bits per heavy atom. The van der Waals surface area contributed by atoms with Gasteiger partial charge in [-0.15, -0.1) is 24.8 Å². The van der Waals surface area contributed by atoms with E-state index in [1.54, 1.807) is 12.4 Å². The Hall–Kier alpha value is -0.580. The molecule has 92 valence electrons. The van der Waals surface area contributed by atoms with Gasteiger partial charge in [-0.3, -0.25) is 0 Å². The zero-order chi connectivity index (χ0) is 10.0. The Labute approximate surface area is 109 Å². The molecule has 1 aromatic heterocycles. The molecule has 0 bridgehead atoms. The van der Waals surface area contributed by atoms with Crippen LogP contribution in [-0.2, 0) is 0 Å². The second-order valence-electron chi connectivity index (χ2n) is 4.28. The molecule has 0 saturated carbocycles. The van der Waals surface area contributed by atoms with Crippen molar-refractivity contribution in [2.75, 3.05) is 24.5 Å². The molecule has 1 aliphatic rings. The minimum atomic E-state index is 0. The van der Waals surface area contributed by atoms with Gasteiger partial charge in [0.15, 0.2) is 0 Å². The van der Waals surface area contributed by atoms with Gasteiger partial charge in [-0.2, -0.15) is 0 Å². The summed E-state index contributed by atoms with van der Waals surface area (Å²) in [6.45, 7) is 7.32. The van der Waals surface area contributed by atoms with Gasteiger partial charge in [0.2, 0.25) is 5.95 Å². The highest BCUT2D eigenvalue weighted by molar-refractivity contribution is 5.85. The zero-order valence-electron chi connectivity index (χ0n) is 9.51. The fourth-order valence-electron chi connectivity index (χ4n) is 1.77. The van der Waals surface area contributed by atoms with E-state index in [2.05, 4.69) is 34.0 Å². The Balaban J connectivity index is 0.00000112. The van der Waals surface area contributed by atoms with Gasteiger partial charge in [-0.1, -0.05) is 0 Å². The number of aromatic nitrogens is 2. The summed E-state index contributed by atoms with van der Waals surface area (Å²) in [6.07, 6.45) is 3.58. The van der Waals surface area contributed by atoms with Crippen molar-refractivity contribution < 1.29 is 0 Å². The number of nitrogens with zero attached hydrogens (tertiary/aromatic N) is 3. The normalized spacial score (nSPS) is 18.2. The molecular weight excluding hydrogens is 247 g/mol. The second kappa shape index (κ2) is 6.23. The second-order valence-corrected chi connectivity index (χ2v) is 4.28. The highest BCUT2D eigenvalue weighted by Crippen LogP contribution is 2.14. The molecule has 0 aromatic carbocycles. The molecule has 1 N–H and O–H groups in total. The van der Waals surface area contributed by atoms with Crippen LogP contribution < -0.4 is 10.2 Å². The highest BCUT2D eigenvalue weighted by atomic mass is 35.5. The van der Waals surface area contributed by atoms with E-state index in [-0.39, 0.29) is 30.4 Å². The third-order valence-electron chi connectivity index (χ3n) is 2.41. The van der Waals surface area contributed by atoms with Gasteiger partial charge in [0, 0.05) is 37.6 Å². The van der Waals surface area contributed by atoms with Crippen molar-refractivity contribution in [1.29, 1.82) is 0 Å². The first-order valence-electron chi connectivity index (χ1n) is 4.94. The quantitative estimate of drug-likeness (QED) is 0.835. The number of halogens is 2. The summed E-state index contributed by atoms with van der Waals surface area (Å²) in [4.78, 5) is 10.7. The van der Waals surface area contributed by atoms with Gasteiger partial charge < -0.3 is 10.2 Å². The number of hydrogen-bond donors (Lipinski definition) is 1. The molecule has 1 saturated heterocycles. The molecule has 2 heterocycles. The molecule has 0 amide bonds. The SMILES string of the molecule is CC1(C)CN(c2ncccn2)CCN1.Cl.Cl. The van der Waals surface area contributed by atoms with Gasteiger partial charge in [-0.25, -0.2) is 9.97 Å². The van der Waals surface area contributed by atoms with Crippen LogP contribution in [0.5, 0.6) is 0 Å². The number of piperazine rings is 1. The summed E-state index contributed by atoms with van der Waals surface area (Å²) in [5, 5.41) is 3.46. The summed E-state index contributed by atoms with van der Waals surface area (Å²) >= 11 is 0. The molecular formula is C10H18Cl2N4. The minimum Gasteiger partial charge on any atom is -0.338 e. The monoisotopic (exact) mass is 264 g/mol. The molecule has 0 spiro atoms. The Morgan fingerprint density at radius 2 is 1.88 bits per heavy atom. The first-order valence-corrected chi connectivity index (χ1v) is 4.94. The molecule has 2 rings (SSSR count). The van der Waals surface area contributed by atoms with E-state index in [0.29, 0.717) is 0 Å². The van der Waals surface area contributed by atoms with E-state index in [0.717, 1.165) is 25.6 Å². The first-order chi connectivity index (χ1) is 6.67. The third-order valence-corrected chi connectivity index (χ3v) is 2.41. The Kier molecular flexibility index (Phi) is 6.00. The maximum Gasteiger partial charge on any atom is 0.225 e. The third kappa shape index (κ3) is 3.77. The van der Waals surface area contributed by atoms with Crippen molar-refractivity contribution >= 4 is 30.8 Å². The lowest BCUT2D eigenvalue weighted by atomic mass is 10.0. The Morgan fingerprint density at radius 3 is 2.44 bits per heavy atom. The molecule has 1 aromatic rings. The lowest BCUT2D eigenvalue weighted by molar-refractivity contribution is 0.350. The summed E-state index contributed by atoms with van der Waals surface area (Å²) in [5.74, 6) is 0.835. The molecule has 0 aliphatic carbocycles. The van der Waals surface area contributed by atoms with Crippen molar-refractivity contribution in [2.24, 2.45) is 0 Å². The molecule has 0 unspecified atom stereocenters. The largest absolute Gasteiger partial charge is 0.338 e. The van der Waals surface area contributed by atoms with Gasteiger partial charge in [0.05, 0.1) is 0 Å². The van der Waals surface area contributed by atoms with Crippen LogP contribution in [0.2, 0.25) is 0 Å². The number of anilines is 1. The van der Waals surface area contributed by atoms with E-state index in [9.17, 15) is 0 Å². The minimum absolute atomic E-state index is 0. The van der Waals surface area contributed by atoms with E-state index in [1.807, 2.05) is 6.07 Å². The summed E-state index contributed by atoms with van der Waals surface area (Å²) < 4.78 is 0. The molecule has 16 heavy (non-hydrogen) atoms. The number of rotatable bonds is 1. The van der Waals surface area contributed by atoms with Crippen LogP contribution in [0.25, 0.3) is 0 Å². The first kappa shape index (κ1) is 15.4. The van der Waals surface area contributed by atoms with Gasteiger partial charge in [-0.05, 0) is 19.9 Å².